The Kier molecular flexibility index (Phi) is 7.12. The molecule has 0 rings (SSSR count). The van der Waals surface area contributed by atoms with E-state index in [1.807, 2.05) is 27.7 Å². The summed E-state index contributed by atoms with van der Waals surface area (Å²) in [7, 11) is -3.23. The van der Waals surface area contributed by atoms with E-state index in [-0.39, 0.29) is 23.8 Å². The van der Waals surface area contributed by atoms with Crippen molar-refractivity contribution in [3.63, 3.8) is 0 Å². The van der Waals surface area contributed by atoms with E-state index in [4.69, 9.17) is 9.05 Å². The average molecular weight is 250 g/mol. The Morgan fingerprint density at radius 1 is 1.06 bits per heavy atom. The predicted octanol–water partition coefficient (Wildman–Crippen LogP) is 3.11. The zero-order chi connectivity index (χ0) is 12.8. The third kappa shape index (κ3) is 8.03. The molecule has 0 spiro atoms. The van der Waals surface area contributed by atoms with Gasteiger partial charge in [0.1, 0.15) is 11.9 Å². The quantitative estimate of drug-likeness (QED) is 0.621. The van der Waals surface area contributed by atoms with E-state index in [1.165, 1.54) is 6.92 Å². The second-order valence-corrected chi connectivity index (χ2v) is 6.90. The van der Waals surface area contributed by atoms with E-state index in [9.17, 15) is 9.36 Å². The molecule has 0 aromatic heterocycles. The minimum atomic E-state index is -3.23. The molecule has 0 radical (unpaired) electrons. The van der Waals surface area contributed by atoms with Crippen molar-refractivity contribution < 1.29 is 18.4 Å². The highest BCUT2D eigenvalue weighted by atomic mass is 31.2. The zero-order valence-electron chi connectivity index (χ0n) is 10.9. The van der Waals surface area contributed by atoms with Gasteiger partial charge in [-0.2, -0.15) is 0 Å². The minimum absolute atomic E-state index is 0.133. The van der Waals surface area contributed by atoms with Gasteiger partial charge in [0.2, 0.25) is 0 Å². The first-order valence-corrected chi connectivity index (χ1v) is 7.35. The number of carbonyl (C=O) groups is 1. The minimum Gasteiger partial charge on any atom is -0.308 e. The molecule has 0 aliphatic heterocycles. The fourth-order valence-electron chi connectivity index (χ4n) is 0.927. The van der Waals surface area contributed by atoms with Gasteiger partial charge in [0, 0.05) is 0 Å². The second-order valence-electron chi connectivity index (χ2n) is 4.85. The van der Waals surface area contributed by atoms with Gasteiger partial charge >= 0.3 is 7.60 Å². The number of rotatable bonds is 8. The summed E-state index contributed by atoms with van der Waals surface area (Å²) in [5.74, 6) is 0.363. The molecule has 0 saturated heterocycles. The summed E-state index contributed by atoms with van der Waals surface area (Å²) in [5.41, 5.74) is 0. The SMILES string of the molecule is CC(=O)CP(=O)(OCC(C)C)OCC(C)C. The Morgan fingerprint density at radius 3 is 1.69 bits per heavy atom. The summed E-state index contributed by atoms with van der Waals surface area (Å²) >= 11 is 0. The van der Waals surface area contributed by atoms with Gasteiger partial charge in [0.05, 0.1) is 13.2 Å². The molecule has 0 aliphatic rings. The predicted molar refractivity (Wildman–Crippen MR) is 64.7 cm³/mol. The highest BCUT2D eigenvalue weighted by molar-refractivity contribution is 7.54. The number of hydrogen-bond acceptors (Lipinski definition) is 4. The monoisotopic (exact) mass is 250 g/mol. The van der Waals surface area contributed by atoms with Crippen LogP contribution in [0.25, 0.3) is 0 Å². The van der Waals surface area contributed by atoms with Crippen molar-refractivity contribution in [1.29, 1.82) is 0 Å². The first-order valence-electron chi connectivity index (χ1n) is 5.62. The lowest BCUT2D eigenvalue weighted by molar-refractivity contribution is -0.114. The van der Waals surface area contributed by atoms with Gasteiger partial charge < -0.3 is 9.05 Å². The Labute approximate surface area is 98.2 Å². The molecular formula is C11H23O4P. The van der Waals surface area contributed by atoms with E-state index < -0.39 is 7.60 Å². The molecule has 5 heteroatoms. The molecule has 96 valence electrons. The van der Waals surface area contributed by atoms with Crippen LogP contribution in [0.2, 0.25) is 0 Å². The smallest absolute Gasteiger partial charge is 0.308 e. The first kappa shape index (κ1) is 15.8. The molecule has 0 aromatic carbocycles. The van der Waals surface area contributed by atoms with Crippen LogP contribution in [-0.2, 0) is 18.4 Å². The van der Waals surface area contributed by atoms with Gasteiger partial charge in [-0.05, 0) is 18.8 Å². The summed E-state index contributed by atoms with van der Waals surface area (Å²) in [6.45, 7) is 9.93. The van der Waals surface area contributed by atoms with Crippen LogP contribution in [0.15, 0.2) is 0 Å². The molecule has 0 aliphatic carbocycles. The number of Topliss-reactive ketones (excluding diaryl/α,β-unsaturated/α-hetero) is 1. The van der Waals surface area contributed by atoms with Crippen molar-refractivity contribution in [3.8, 4) is 0 Å². The molecule has 16 heavy (non-hydrogen) atoms. The Hall–Kier alpha value is -0.180. The van der Waals surface area contributed by atoms with Gasteiger partial charge in [-0.3, -0.25) is 9.36 Å². The summed E-state index contributed by atoms with van der Waals surface area (Å²) < 4.78 is 22.7. The normalized spacial score (nSPS) is 12.4. The lowest BCUT2D eigenvalue weighted by Gasteiger charge is -2.19. The van der Waals surface area contributed by atoms with Crippen molar-refractivity contribution in [2.45, 2.75) is 34.6 Å². The standard InChI is InChI=1S/C11H23O4P/c1-9(2)6-14-16(13,8-11(5)12)15-7-10(3)4/h9-10H,6-8H2,1-5H3. The summed E-state index contributed by atoms with van der Waals surface area (Å²) in [4.78, 5) is 11.0. The molecule has 4 nitrogen and oxygen atoms in total. The van der Waals surface area contributed by atoms with Crippen LogP contribution < -0.4 is 0 Å². The molecule has 0 N–H and O–H groups in total. The Balaban J connectivity index is 4.36. The van der Waals surface area contributed by atoms with Crippen molar-refractivity contribution in [2.24, 2.45) is 11.8 Å². The number of carbonyl (C=O) groups excluding carboxylic acids is 1. The van der Waals surface area contributed by atoms with E-state index in [0.717, 1.165) is 0 Å². The van der Waals surface area contributed by atoms with Crippen molar-refractivity contribution in [1.82, 2.24) is 0 Å². The van der Waals surface area contributed by atoms with Crippen molar-refractivity contribution >= 4 is 13.4 Å². The summed E-state index contributed by atoms with van der Waals surface area (Å²) in [6, 6.07) is 0. The molecule has 0 unspecified atom stereocenters. The van der Waals surface area contributed by atoms with Crippen LogP contribution >= 0.6 is 7.60 Å². The molecule has 0 fully saturated rings. The van der Waals surface area contributed by atoms with Gasteiger partial charge in [0.15, 0.2) is 0 Å². The van der Waals surface area contributed by atoms with Gasteiger partial charge in [-0.25, -0.2) is 0 Å². The van der Waals surface area contributed by atoms with Crippen LogP contribution in [0.4, 0.5) is 0 Å². The van der Waals surface area contributed by atoms with E-state index >= 15 is 0 Å². The maximum Gasteiger partial charge on any atom is 0.338 e. The second kappa shape index (κ2) is 7.21. The maximum absolute atomic E-state index is 12.2. The molecule has 0 heterocycles. The van der Waals surface area contributed by atoms with Crippen LogP contribution in [-0.4, -0.2) is 25.2 Å². The molecule has 0 amide bonds. The van der Waals surface area contributed by atoms with Crippen LogP contribution in [0, 0.1) is 11.8 Å². The maximum atomic E-state index is 12.2. The molecule has 0 saturated carbocycles. The largest absolute Gasteiger partial charge is 0.338 e. The van der Waals surface area contributed by atoms with E-state index in [0.29, 0.717) is 13.2 Å². The topological polar surface area (TPSA) is 52.6 Å². The third-order valence-electron chi connectivity index (χ3n) is 1.63. The van der Waals surface area contributed by atoms with Gasteiger partial charge in [-0.15, -0.1) is 0 Å². The Morgan fingerprint density at radius 2 is 1.44 bits per heavy atom. The van der Waals surface area contributed by atoms with E-state index in [1.54, 1.807) is 0 Å². The average Bonchev–Trinajstić information content (AvgIpc) is 2.11. The van der Waals surface area contributed by atoms with Gasteiger partial charge in [0.25, 0.3) is 0 Å². The Bertz CT molecular complexity index is 245. The lowest BCUT2D eigenvalue weighted by Crippen LogP contribution is -2.11. The fourth-order valence-corrected chi connectivity index (χ4v) is 2.78. The zero-order valence-corrected chi connectivity index (χ0v) is 11.8. The fraction of sp³-hybridized carbons (Fsp3) is 0.909. The van der Waals surface area contributed by atoms with Crippen LogP contribution in [0.5, 0.6) is 0 Å². The van der Waals surface area contributed by atoms with Crippen LogP contribution in [0.3, 0.4) is 0 Å². The first-order chi connectivity index (χ1) is 7.25. The highest BCUT2D eigenvalue weighted by Gasteiger charge is 2.27. The third-order valence-corrected chi connectivity index (χ3v) is 3.54. The summed E-state index contributed by atoms with van der Waals surface area (Å²) in [5, 5.41) is 0. The molecule has 0 aromatic rings. The molecule has 0 bridgehead atoms. The van der Waals surface area contributed by atoms with Crippen molar-refractivity contribution in [2.75, 3.05) is 19.4 Å². The lowest BCUT2D eigenvalue weighted by atomic mass is 10.2. The van der Waals surface area contributed by atoms with Gasteiger partial charge in [-0.1, -0.05) is 27.7 Å². The molecular weight excluding hydrogens is 227 g/mol. The molecule has 0 atom stereocenters. The number of ketones is 1. The van der Waals surface area contributed by atoms with Crippen LogP contribution in [0.1, 0.15) is 34.6 Å². The number of hydrogen-bond donors (Lipinski definition) is 0. The highest BCUT2D eigenvalue weighted by Crippen LogP contribution is 2.48. The summed E-state index contributed by atoms with van der Waals surface area (Å²) in [6.07, 6.45) is -0.133. The van der Waals surface area contributed by atoms with E-state index in [2.05, 4.69) is 0 Å². The van der Waals surface area contributed by atoms with Crippen molar-refractivity contribution in [3.05, 3.63) is 0 Å².